The Morgan fingerprint density at radius 1 is 1.25 bits per heavy atom. The van der Waals surface area contributed by atoms with Crippen molar-refractivity contribution in [3.63, 3.8) is 0 Å². The van der Waals surface area contributed by atoms with Crippen LogP contribution >= 0.6 is 0 Å². The van der Waals surface area contributed by atoms with Gasteiger partial charge in [0.25, 0.3) is 0 Å². The number of carbonyl (C=O) groups excluding carboxylic acids is 1. The Hall–Kier alpha value is -2.64. The third-order valence-corrected chi connectivity index (χ3v) is 3.53. The number of carbonyl (C=O) groups is 1. The van der Waals surface area contributed by atoms with E-state index in [2.05, 4.69) is 15.4 Å². The lowest BCUT2D eigenvalue weighted by Crippen LogP contribution is -2.28. The molecule has 0 N–H and O–H groups in total. The summed E-state index contributed by atoms with van der Waals surface area (Å²) < 4.78 is 10.5. The fourth-order valence-corrected chi connectivity index (χ4v) is 2.16. The van der Waals surface area contributed by atoms with Crippen LogP contribution in [0.3, 0.4) is 0 Å². The zero-order valence-electron chi connectivity index (χ0n) is 14.7. The van der Waals surface area contributed by atoms with Gasteiger partial charge in [0.05, 0.1) is 26.7 Å². The van der Waals surface area contributed by atoms with Gasteiger partial charge in [-0.2, -0.15) is 4.80 Å². The van der Waals surface area contributed by atoms with Gasteiger partial charge in [0.2, 0.25) is 5.91 Å². The second kappa shape index (κ2) is 7.76. The van der Waals surface area contributed by atoms with Crippen LogP contribution in [0.5, 0.6) is 11.5 Å². The molecule has 0 aliphatic heterocycles. The summed E-state index contributed by atoms with van der Waals surface area (Å²) in [6.07, 6.45) is 0.122. The highest BCUT2D eigenvalue weighted by atomic mass is 16.5. The van der Waals surface area contributed by atoms with Crippen LogP contribution in [0.4, 0.5) is 0 Å². The number of nitrogens with zero attached hydrogens (tertiary/aromatic N) is 5. The Morgan fingerprint density at radius 3 is 2.54 bits per heavy atom. The zero-order valence-corrected chi connectivity index (χ0v) is 14.7. The van der Waals surface area contributed by atoms with Crippen LogP contribution in [0.25, 0.3) is 0 Å². The molecule has 0 atom stereocenters. The van der Waals surface area contributed by atoms with E-state index in [-0.39, 0.29) is 18.4 Å². The molecule has 1 aromatic heterocycles. The van der Waals surface area contributed by atoms with Gasteiger partial charge >= 0.3 is 0 Å². The van der Waals surface area contributed by atoms with Gasteiger partial charge in [-0.1, -0.05) is 6.07 Å². The lowest BCUT2D eigenvalue weighted by molar-refractivity contribution is -0.129. The smallest absolute Gasteiger partial charge is 0.230 e. The quantitative estimate of drug-likeness (QED) is 0.763. The van der Waals surface area contributed by atoms with Gasteiger partial charge in [-0.05, 0) is 36.8 Å². The molecule has 1 aromatic carbocycles. The van der Waals surface area contributed by atoms with Crippen molar-refractivity contribution in [3.8, 4) is 11.5 Å². The minimum absolute atomic E-state index is 0.0758. The van der Waals surface area contributed by atoms with Crippen molar-refractivity contribution >= 4 is 5.91 Å². The van der Waals surface area contributed by atoms with E-state index in [1.54, 1.807) is 26.2 Å². The highest BCUT2D eigenvalue weighted by Gasteiger charge is 2.15. The summed E-state index contributed by atoms with van der Waals surface area (Å²) >= 11 is 0. The molecule has 0 spiro atoms. The van der Waals surface area contributed by atoms with Crippen LogP contribution in [-0.4, -0.2) is 52.3 Å². The van der Waals surface area contributed by atoms with E-state index in [1.807, 2.05) is 32.0 Å². The summed E-state index contributed by atoms with van der Waals surface area (Å²) in [5, 5.41) is 12.0. The lowest BCUT2D eigenvalue weighted by atomic mass is 10.2. The molecule has 1 amide bonds. The number of likely N-dealkylation sites (N-methyl/N-ethyl adjacent to an activating group) is 1. The summed E-state index contributed by atoms with van der Waals surface area (Å²) in [6, 6.07) is 5.70. The van der Waals surface area contributed by atoms with E-state index >= 15 is 0 Å². The van der Waals surface area contributed by atoms with Crippen LogP contribution in [0.15, 0.2) is 18.2 Å². The maximum Gasteiger partial charge on any atom is 0.230 e. The molecule has 0 unspecified atom stereocenters. The molecule has 130 valence electrons. The Bertz CT molecular complexity index is 699. The lowest BCUT2D eigenvalue weighted by Gasteiger charge is -2.17. The standard InChI is InChI=1S/C16H23N5O3/c1-11(2)21-18-15(17-19-21)9-16(22)20(3)10-12-6-7-13(23-4)14(8-12)24-5/h6-8,11H,9-10H2,1-5H3. The predicted octanol–water partition coefficient (Wildman–Crippen LogP) is 1.47. The van der Waals surface area contributed by atoms with Crippen molar-refractivity contribution in [2.45, 2.75) is 32.9 Å². The first-order valence-electron chi connectivity index (χ1n) is 7.67. The molecule has 24 heavy (non-hydrogen) atoms. The molecule has 2 aromatic rings. The monoisotopic (exact) mass is 333 g/mol. The second-order valence-electron chi connectivity index (χ2n) is 5.74. The Labute approximate surface area is 141 Å². The highest BCUT2D eigenvalue weighted by Crippen LogP contribution is 2.27. The summed E-state index contributed by atoms with van der Waals surface area (Å²) in [4.78, 5) is 15.4. The predicted molar refractivity (Wildman–Crippen MR) is 87.9 cm³/mol. The molecule has 0 bridgehead atoms. The maximum absolute atomic E-state index is 12.3. The molecule has 8 heteroatoms. The Balaban J connectivity index is 2.00. The van der Waals surface area contributed by atoms with Crippen molar-refractivity contribution in [1.29, 1.82) is 0 Å². The van der Waals surface area contributed by atoms with E-state index in [9.17, 15) is 4.79 Å². The molecule has 0 aliphatic carbocycles. The van der Waals surface area contributed by atoms with E-state index < -0.39 is 0 Å². The molecular weight excluding hydrogens is 310 g/mol. The SMILES string of the molecule is COc1ccc(CN(C)C(=O)Cc2nnn(C(C)C)n2)cc1OC. The molecule has 0 saturated carbocycles. The number of amides is 1. The molecule has 0 radical (unpaired) electrons. The van der Waals surface area contributed by atoms with E-state index in [0.717, 1.165) is 5.56 Å². The fraction of sp³-hybridized carbons (Fsp3) is 0.500. The normalized spacial score (nSPS) is 10.8. The first-order valence-corrected chi connectivity index (χ1v) is 7.67. The largest absolute Gasteiger partial charge is 0.493 e. The Morgan fingerprint density at radius 2 is 1.96 bits per heavy atom. The Kier molecular flexibility index (Phi) is 5.73. The summed E-state index contributed by atoms with van der Waals surface area (Å²) in [5.74, 6) is 1.64. The van der Waals surface area contributed by atoms with Crippen LogP contribution in [0.1, 0.15) is 31.3 Å². The number of rotatable bonds is 7. The molecule has 2 rings (SSSR count). The first-order chi connectivity index (χ1) is 11.4. The summed E-state index contributed by atoms with van der Waals surface area (Å²) in [6.45, 7) is 4.37. The molecule has 0 aliphatic rings. The van der Waals surface area contributed by atoms with Gasteiger partial charge < -0.3 is 14.4 Å². The summed E-state index contributed by atoms with van der Waals surface area (Å²) in [5.41, 5.74) is 0.947. The van der Waals surface area contributed by atoms with Crippen molar-refractivity contribution in [3.05, 3.63) is 29.6 Å². The third-order valence-electron chi connectivity index (χ3n) is 3.53. The van der Waals surface area contributed by atoms with Gasteiger partial charge in [0.1, 0.15) is 0 Å². The topological polar surface area (TPSA) is 82.4 Å². The average Bonchev–Trinajstić information content (AvgIpc) is 3.03. The molecular formula is C16H23N5O3. The third kappa shape index (κ3) is 4.21. The molecule has 0 fully saturated rings. The van der Waals surface area contributed by atoms with Crippen LogP contribution < -0.4 is 9.47 Å². The van der Waals surface area contributed by atoms with Crippen molar-refractivity contribution < 1.29 is 14.3 Å². The van der Waals surface area contributed by atoms with Gasteiger partial charge in [0, 0.05) is 13.6 Å². The van der Waals surface area contributed by atoms with Crippen LogP contribution in [-0.2, 0) is 17.8 Å². The van der Waals surface area contributed by atoms with Gasteiger partial charge in [-0.3, -0.25) is 4.79 Å². The number of aromatic nitrogens is 4. The van der Waals surface area contributed by atoms with Gasteiger partial charge in [-0.15, -0.1) is 10.2 Å². The zero-order chi connectivity index (χ0) is 17.7. The number of tetrazole rings is 1. The van der Waals surface area contributed by atoms with Crippen molar-refractivity contribution in [2.24, 2.45) is 0 Å². The molecule has 0 saturated heterocycles. The fourth-order valence-electron chi connectivity index (χ4n) is 2.16. The minimum atomic E-state index is -0.0758. The molecule has 1 heterocycles. The second-order valence-corrected chi connectivity index (χ2v) is 5.74. The first kappa shape index (κ1) is 17.7. The maximum atomic E-state index is 12.3. The number of methoxy groups -OCH3 is 2. The van der Waals surface area contributed by atoms with Crippen LogP contribution in [0.2, 0.25) is 0 Å². The van der Waals surface area contributed by atoms with E-state index in [1.165, 1.54) is 4.80 Å². The minimum Gasteiger partial charge on any atom is -0.493 e. The van der Waals surface area contributed by atoms with E-state index in [0.29, 0.717) is 23.9 Å². The highest BCUT2D eigenvalue weighted by molar-refractivity contribution is 5.77. The van der Waals surface area contributed by atoms with E-state index in [4.69, 9.17) is 9.47 Å². The number of ether oxygens (including phenoxy) is 2. The van der Waals surface area contributed by atoms with Gasteiger partial charge in [0.15, 0.2) is 17.3 Å². The molecule has 8 nitrogen and oxygen atoms in total. The average molecular weight is 333 g/mol. The summed E-state index contributed by atoms with van der Waals surface area (Å²) in [7, 11) is 4.91. The van der Waals surface area contributed by atoms with Crippen molar-refractivity contribution in [1.82, 2.24) is 25.1 Å². The van der Waals surface area contributed by atoms with Crippen LogP contribution in [0, 0.1) is 0 Å². The number of hydrogen-bond donors (Lipinski definition) is 0. The van der Waals surface area contributed by atoms with Crippen molar-refractivity contribution in [2.75, 3.05) is 21.3 Å². The number of benzene rings is 1. The van der Waals surface area contributed by atoms with Gasteiger partial charge in [-0.25, -0.2) is 0 Å². The number of hydrogen-bond acceptors (Lipinski definition) is 6.